The zero-order valence-corrected chi connectivity index (χ0v) is 14.0. The summed E-state index contributed by atoms with van der Waals surface area (Å²) in [6.07, 6.45) is 10.7. The highest BCUT2D eigenvalue weighted by atomic mass is 16.2. The third-order valence-electron chi connectivity index (χ3n) is 5.32. The van der Waals surface area contributed by atoms with E-state index >= 15 is 0 Å². The number of hydrogen-bond donors (Lipinski definition) is 1. The van der Waals surface area contributed by atoms with Crippen molar-refractivity contribution in [2.75, 3.05) is 13.1 Å². The monoisotopic (exact) mass is 327 g/mol. The molecule has 1 aliphatic carbocycles. The van der Waals surface area contributed by atoms with Crippen LogP contribution in [-0.4, -0.2) is 44.6 Å². The number of rotatable bonds is 3. The summed E-state index contributed by atoms with van der Waals surface area (Å²) in [7, 11) is 0. The number of likely N-dealkylation sites (tertiary alicyclic amines) is 1. The van der Waals surface area contributed by atoms with Crippen molar-refractivity contribution in [1.82, 2.24) is 24.8 Å². The first-order valence-electron chi connectivity index (χ1n) is 9.11. The van der Waals surface area contributed by atoms with Crippen LogP contribution in [0.4, 0.5) is 4.79 Å². The minimum absolute atomic E-state index is 0.125. The van der Waals surface area contributed by atoms with E-state index in [1.807, 2.05) is 29.6 Å². The van der Waals surface area contributed by atoms with Crippen LogP contribution in [-0.2, 0) is 6.54 Å². The molecule has 1 aliphatic heterocycles. The van der Waals surface area contributed by atoms with Crippen LogP contribution >= 0.6 is 0 Å². The zero-order chi connectivity index (χ0) is 16.4. The first-order chi connectivity index (χ1) is 11.8. The number of amides is 2. The van der Waals surface area contributed by atoms with Gasteiger partial charge in [0.2, 0.25) is 0 Å². The molecule has 2 fully saturated rings. The molecular weight excluding hydrogens is 302 g/mol. The molecule has 1 unspecified atom stereocenters. The highest BCUT2D eigenvalue weighted by Crippen LogP contribution is 2.22. The van der Waals surface area contributed by atoms with Crippen molar-refractivity contribution in [2.24, 2.45) is 5.92 Å². The van der Waals surface area contributed by atoms with Gasteiger partial charge in [-0.3, -0.25) is 0 Å². The van der Waals surface area contributed by atoms with Crippen molar-refractivity contribution in [2.45, 2.75) is 51.1 Å². The molecule has 1 atom stereocenters. The Morgan fingerprint density at radius 2 is 2.08 bits per heavy atom. The number of urea groups is 1. The molecule has 1 saturated carbocycles. The summed E-state index contributed by atoms with van der Waals surface area (Å²) in [5.41, 5.74) is 1.87. The number of pyridine rings is 1. The van der Waals surface area contributed by atoms with E-state index in [4.69, 9.17) is 0 Å². The summed E-state index contributed by atoms with van der Waals surface area (Å²) >= 11 is 0. The molecule has 4 rings (SSSR count). The van der Waals surface area contributed by atoms with Gasteiger partial charge in [0, 0.05) is 31.9 Å². The van der Waals surface area contributed by atoms with E-state index in [-0.39, 0.29) is 6.03 Å². The number of nitrogens with zero attached hydrogens (tertiary/aromatic N) is 4. The number of carbonyl (C=O) groups is 1. The second kappa shape index (κ2) is 6.79. The molecular formula is C18H25N5O. The van der Waals surface area contributed by atoms with Gasteiger partial charge in [0.25, 0.3) is 0 Å². The summed E-state index contributed by atoms with van der Waals surface area (Å²) in [5, 5.41) is 3.21. The fraction of sp³-hybridized carbons (Fsp3) is 0.611. The average Bonchev–Trinajstić information content (AvgIpc) is 3.26. The lowest BCUT2D eigenvalue weighted by atomic mass is 9.98. The van der Waals surface area contributed by atoms with E-state index in [2.05, 4.69) is 19.9 Å². The molecule has 2 amide bonds. The highest BCUT2D eigenvalue weighted by molar-refractivity contribution is 5.74. The standard InChI is InChI=1S/C18H25N5O/c24-18(21-15-6-1-2-7-15)22-10-4-5-14(11-22)12-23-13-20-16-8-3-9-19-17(16)23/h3,8-9,13-15H,1-2,4-7,10-12H2,(H,21,24). The first-order valence-corrected chi connectivity index (χ1v) is 9.11. The summed E-state index contributed by atoms with van der Waals surface area (Å²) in [6.45, 7) is 2.57. The number of hydrogen-bond acceptors (Lipinski definition) is 3. The Kier molecular flexibility index (Phi) is 4.36. The molecule has 0 spiro atoms. The Hall–Kier alpha value is -2.11. The largest absolute Gasteiger partial charge is 0.335 e. The van der Waals surface area contributed by atoms with Crippen molar-refractivity contribution >= 4 is 17.2 Å². The molecule has 6 nitrogen and oxygen atoms in total. The molecule has 1 N–H and O–H groups in total. The van der Waals surface area contributed by atoms with Crippen LogP contribution in [0.25, 0.3) is 11.2 Å². The number of fused-ring (bicyclic) bond motifs is 1. The Morgan fingerprint density at radius 3 is 2.96 bits per heavy atom. The molecule has 0 bridgehead atoms. The van der Waals surface area contributed by atoms with E-state index in [0.717, 1.165) is 56.5 Å². The Bertz CT molecular complexity index is 706. The molecule has 0 radical (unpaired) electrons. The third-order valence-corrected chi connectivity index (χ3v) is 5.32. The van der Waals surface area contributed by atoms with Gasteiger partial charge in [0.05, 0.1) is 6.33 Å². The quantitative estimate of drug-likeness (QED) is 0.943. The maximum Gasteiger partial charge on any atom is 0.317 e. The first kappa shape index (κ1) is 15.4. The number of imidazole rings is 1. The van der Waals surface area contributed by atoms with Crippen LogP contribution in [0, 0.1) is 5.92 Å². The molecule has 1 saturated heterocycles. The van der Waals surface area contributed by atoms with Crippen LogP contribution < -0.4 is 5.32 Å². The van der Waals surface area contributed by atoms with Crippen LogP contribution in [0.2, 0.25) is 0 Å². The van der Waals surface area contributed by atoms with Crippen molar-refractivity contribution in [3.8, 4) is 0 Å². The number of carbonyl (C=O) groups excluding carboxylic acids is 1. The van der Waals surface area contributed by atoms with Crippen molar-refractivity contribution < 1.29 is 4.79 Å². The van der Waals surface area contributed by atoms with Gasteiger partial charge in [-0.2, -0.15) is 0 Å². The lowest BCUT2D eigenvalue weighted by Gasteiger charge is -2.33. The van der Waals surface area contributed by atoms with Crippen molar-refractivity contribution in [1.29, 1.82) is 0 Å². The molecule has 0 aromatic carbocycles. The lowest BCUT2D eigenvalue weighted by molar-refractivity contribution is 0.156. The maximum absolute atomic E-state index is 12.5. The number of aromatic nitrogens is 3. The Morgan fingerprint density at radius 1 is 1.21 bits per heavy atom. The van der Waals surface area contributed by atoms with Crippen LogP contribution in [0.5, 0.6) is 0 Å². The van der Waals surface area contributed by atoms with Gasteiger partial charge in [-0.1, -0.05) is 12.8 Å². The van der Waals surface area contributed by atoms with E-state index in [1.165, 1.54) is 12.8 Å². The van der Waals surface area contributed by atoms with Crippen molar-refractivity contribution in [3.63, 3.8) is 0 Å². The fourth-order valence-electron chi connectivity index (χ4n) is 4.04. The van der Waals surface area contributed by atoms with Gasteiger partial charge in [-0.25, -0.2) is 14.8 Å². The smallest absolute Gasteiger partial charge is 0.317 e. The second-order valence-corrected chi connectivity index (χ2v) is 7.13. The lowest BCUT2D eigenvalue weighted by Crippen LogP contribution is -2.48. The normalized spacial score (nSPS) is 22.2. The molecule has 24 heavy (non-hydrogen) atoms. The zero-order valence-electron chi connectivity index (χ0n) is 14.0. The van der Waals surface area contributed by atoms with Gasteiger partial charge in [-0.05, 0) is 43.7 Å². The molecule has 3 heterocycles. The average molecular weight is 327 g/mol. The highest BCUT2D eigenvalue weighted by Gasteiger charge is 2.26. The van der Waals surface area contributed by atoms with E-state index < -0.39 is 0 Å². The summed E-state index contributed by atoms with van der Waals surface area (Å²) in [4.78, 5) is 23.3. The predicted octanol–water partition coefficient (Wildman–Crippen LogP) is 2.80. The van der Waals surface area contributed by atoms with Crippen LogP contribution in [0.1, 0.15) is 38.5 Å². The number of nitrogens with one attached hydrogen (secondary N) is 1. The van der Waals surface area contributed by atoms with E-state index in [0.29, 0.717) is 12.0 Å². The van der Waals surface area contributed by atoms with Gasteiger partial charge in [0.1, 0.15) is 5.52 Å². The minimum atomic E-state index is 0.125. The molecule has 128 valence electrons. The van der Waals surface area contributed by atoms with Crippen LogP contribution in [0.15, 0.2) is 24.7 Å². The fourth-order valence-corrected chi connectivity index (χ4v) is 4.04. The Balaban J connectivity index is 1.38. The van der Waals surface area contributed by atoms with Gasteiger partial charge < -0.3 is 14.8 Å². The summed E-state index contributed by atoms with van der Waals surface area (Å²) in [6, 6.07) is 4.41. The second-order valence-electron chi connectivity index (χ2n) is 7.13. The molecule has 2 aromatic heterocycles. The van der Waals surface area contributed by atoms with Gasteiger partial charge in [-0.15, -0.1) is 0 Å². The topological polar surface area (TPSA) is 63.1 Å². The maximum atomic E-state index is 12.5. The summed E-state index contributed by atoms with van der Waals surface area (Å²) in [5.74, 6) is 0.465. The van der Waals surface area contributed by atoms with E-state index in [1.54, 1.807) is 0 Å². The SMILES string of the molecule is O=C(NC1CCCC1)N1CCCC(Cn2cnc3cccnc32)C1. The predicted molar refractivity (Wildman–Crippen MR) is 92.6 cm³/mol. The number of piperidine rings is 1. The molecule has 2 aliphatic rings. The van der Waals surface area contributed by atoms with Crippen LogP contribution in [0.3, 0.4) is 0 Å². The third kappa shape index (κ3) is 3.23. The molecule has 2 aromatic rings. The van der Waals surface area contributed by atoms with Crippen molar-refractivity contribution in [3.05, 3.63) is 24.7 Å². The molecule has 6 heteroatoms. The van der Waals surface area contributed by atoms with Gasteiger partial charge >= 0.3 is 6.03 Å². The Labute approximate surface area is 142 Å². The van der Waals surface area contributed by atoms with Gasteiger partial charge in [0.15, 0.2) is 5.65 Å². The summed E-state index contributed by atoms with van der Waals surface area (Å²) < 4.78 is 2.12. The van der Waals surface area contributed by atoms with E-state index in [9.17, 15) is 4.79 Å². The minimum Gasteiger partial charge on any atom is -0.335 e.